The molecule has 0 spiro atoms. The van der Waals surface area contributed by atoms with Crippen molar-refractivity contribution in [2.24, 2.45) is 56.3 Å². The van der Waals surface area contributed by atoms with Gasteiger partial charge in [0.15, 0.2) is 6.04 Å². The van der Waals surface area contributed by atoms with Crippen molar-refractivity contribution >= 4 is 35.5 Å². The van der Waals surface area contributed by atoms with Gasteiger partial charge >= 0.3 is 71.1 Å². The summed E-state index contributed by atoms with van der Waals surface area (Å²) in [6.07, 6.45) is 15.6. The van der Waals surface area contributed by atoms with Crippen LogP contribution in [0.5, 0.6) is 0 Å². The summed E-state index contributed by atoms with van der Waals surface area (Å²) in [4.78, 5) is 58.1. The van der Waals surface area contributed by atoms with E-state index in [-0.39, 0.29) is 100 Å². The summed E-state index contributed by atoms with van der Waals surface area (Å²) in [6.45, 7) is 1.41. The molecule has 8 saturated carbocycles. The van der Waals surface area contributed by atoms with Gasteiger partial charge in [0.25, 0.3) is 0 Å². The fourth-order valence-electron chi connectivity index (χ4n) is 12.1. The van der Waals surface area contributed by atoms with E-state index in [1.807, 2.05) is 0 Å². The Kier molecular flexibility index (Phi) is 16.0. The van der Waals surface area contributed by atoms with Crippen LogP contribution in [0.25, 0.3) is 0 Å². The zero-order valence-electron chi connectivity index (χ0n) is 31.5. The summed E-state index contributed by atoms with van der Waals surface area (Å²) in [5.41, 5.74) is 0.276. The Morgan fingerprint density at radius 3 is 1.67 bits per heavy atom. The summed E-state index contributed by atoms with van der Waals surface area (Å²) in [5, 5.41) is 46.6. The summed E-state index contributed by atoms with van der Waals surface area (Å²) < 4.78 is 0. The average Bonchev–Trinajstić information content (AvgIpc) is 3.00. The van der Waals surface area contributed by atoms with Crippen LogP contribution in [0.2, 0.25) is 0 Å². The normalized spacial score (nSPS) is 33.2. The van der Waals surface area contributed by atoms with Crippen LogP contribution in [0.3, 0.4) is 0 Å². The monoisotopic (exact) mass is 742 g/mol. The number of amides is 2. The van der Waals surface area contributed by atoms with E-state index < -0.39 is 30.3 Å². The van der Waals surface area contributed by atoms with E-state index in [2.05, 4.69) is 15.3 Å². The molecule has 0 aliphatic heterocycles. The molecule has 14 heteroatoms. The van der Waals surface area contributed by atoms with E-state index in [0.29, 0.717) is 51.9 Å². The molecule has 0 aromatic heterocycles. The van der Waals surface area contributed by atoms with E-state index >= 15 is 0 Å². The van der Waals surface area contributed by atoms with Crippen LogP contribution in [0.1, 0.15) is 122 Å². The van der Waals surface area contributed by atoms with Gasteiger partial charge in [-0.1, -0.05) is 0 Å². The summed E-state index contributed by atoms with van der Waals surface area (Å²) >= 11 is 0. The van der Waals surface area contributed by atoms with Gasteiger partial charge < -0.3 is 35.6 Å². The van der Waals surface area contributed by atoms with Crippen LogP contribution >= 0.6 is 0 Å². The molecule has 1 unspecified atom stereocenters. The molecular weight excluding hydrogens is 686 g/mol. The smallest absolute Gasteiger partial charge is 0.862 e. The third-order valence-corrected chi connectivity index (χ3v) is 13.1. The Morgan fingerprint density at radius 1 is 0.712 bits per heavy atom. The Bertz CT molecular complexity index is 1290. The number of carboxylic acids is 2. The number of aliphatic imine (C=N–C) groups is 2. The average molecular weight is 743 g/mol. The van der Waals surface area contributed by atoms with Crippen molar-refractivity contribution in [2.45, 2.75) is 128 Å². The van der Waals surface area contributed by atoms with E-state index in [9.17, 15) is 34.5 Å². The van der Waals surface area contributed by atoms with Gasteiger partial charge in [-0.2, -0.15) is 0 Å². The molecule has 278 valence electrons. The second kappa shape index (κ2) is 19.1. The molecule has 8 rings (SSSR count). The number of rotatable bonds is 19. The predicted octanol–water partition coefficient (Wildman–Crippen LogP) is -2.84. The minimum atomic E-state index is -1.70. The first-order valence-corrected chi connectivity index (χ1v) is 19.3. The molecular formula is C38H56N4Na2O8. The van der Waals surface area contributed by atoms with Gasteiger partial charge in [0.2, 0.25) is 11.8 Å². The van der Waals surface area contributed by atoms with Crippen molar-refractivity contribution in [3.05, 3.63) is 0 Å². The molecule has 8 aliphatic rings. The van der Waals surface area contributed by atoms with E-state index in [1.54, 1.807) is 4.90 Å². The fourth-order valence-corrected chi connectivity index (χ4v) is 12.1. The molecule has 8 aliphatic carbocycles. The van der Waals surface area contributed by atoms with Crippen molar-refractivity contribution in [1.29, 1.82) is 0 Å². The minimum absolute atomic E-state index is 0. The third-order valence-electron chi connectivity index (χ3n) is 13.1. The second-order valence-electron chi connectivity index (χ2n) is 17.4. The number of carbonyl (C=O) groups is 4. The van der Waals surface area contributed by atoms with Crippen LogP contribution in [-0.2, 0) is 19.2 Å². The molecule has 0 heterocycles. The second-order valence-corrected chi connectivity index (χ2v) is 17.4. The van der Waals surface area contributed by atoms with Crippen LogP contribution in [0.15, 0.2) is 9.98 Å². The molecule has 12 nitrogen and oxygen atoms in total. The Labute approximate surface area is 352 Å². The minimum Gasteiger partial charge on any atom is -0.862 e. The number of nitrogens with one attached hydrogen (secondary N) is 1. The van der Waals surface area contributed by atoms with Crippen molar-refractivity contribution in [3.8, 4) is 0 Å². The molecule has 0 saturated heterocycles. The Balaban J connectivity index is 0.00000302. The van der Waals surface area contributed by atoms with Gasteiger partial charge in [0.1, 0.15) is 0 Å². The topological polar surface area (TPSA) is 195 Å². The SMILES string of the molecule is O=C(O)CC(N=C([O-])CCC(=O)N(CCCN=C([O-])CC12CC3CC(CC(C3)C1)C2)CCCNC(=O)CC12CC3CC(CC(C3)C1)C2)C(=O)O.[Na+].[Na+]. The van der Waals surface area contributed by atoms with Crippen LogP contribution in [-0.4, -0.2) is 82.9 Å². The maximum absolute atomic E-state index is 13.3. The molecule has 0 aromatic carbocycles. The number of nitrogens with zero attached hydrogens (tertiary/aromatic N) is 3. The zero-order chi connectivity index (χ0) is 35.5. The predicted molar refractivity (Wildman–Crippen MR) is 182 cm³/mol. The number of hydrogen-bond donors (Lipinski definition) is 3. The van der Waals surface area contributed by atoms with E-state index in [4.69, 9.17) is 5.11 Å². The van der Waals surface area contributed by atoms with Gasteiger partial charge in [-0.3, -0.25) is 19.4 Å². The first-order chi connectivity index (χ1) is 23.9. The maximum Gasteiger partial charge on any atom is 1.00 e. The summed E-state index contributed by atoms with van der Waals surface area (Å²) in [6, 6.07) is -1.70. The Hall–Kier alpha value is -1.18. The summed E-state index contributed by atoms with van der Waals surface area (Å²) in [7, 11) is 0. The quantitative estimate of drug-likeness (QED) is 0.0545. The van der Waals surface area contributed by atoms with Crippen LogP contribution < -0.4 is 74.6 Å². The number of carbonyl (C=O) groups excluding carboxylic acids is 2. The van der Waals surface area contributed by atoms with Crippen LogP contribution in [0.4, 0.5) is 0 Å². The number of carboxylic acid groups (broad SMARTS) is 2. The van der Waals surface area contributed by atoms with Crippen molar-refractivity contribution in [1.82, 2.24) is 10.2 Å². The molecule has 1 atom stereocenters. The van der Waals surface area contributed by atoms with Crippen molar-refractivity contribution in [2.75, 3.05) is 26.2 Å². The van der Waals surface area contributed by atoms with Crippen molar-refractivity contribution in [3.63, 3.8) is 0 Å². The van der Waals surface area contributed by atoms with E-state index in [0.717, 1.165) is 54.8 Å². The van der Waals surface area contributed by atoms with E-state index in [1.165, 1.54) is 57.8 Å². The molecule has 0 aromatic rings. The molecule has 2 amide bonds. The van der Waals surface area contributed by atoms with Crippen molar-refractivity contribution < 1.29 is 98.7 Å². The fraction of sp³-hybridized carbons (Fsp3) is 0.842. The Morgan fingerprint density at radius 2 is 1.19 bits per heavy atom. The molecule has 0 radical (unpaired) electrons. The van der Waals surface area contributed by atoms with Gasteiger partial charge in [-0.05, 0) is 161 Å². The van der Waals surface area contributed by atoms with Gasteiger partial charge in [-0.15, -0.1) is 0 Å². The first kappa shape index (κ1) is 43.5. The molecule has 3 N–H and O–H groups in total. The van der Waals surface area contributed by atoms with Gasteiger partial charge in [-0.25, -0.2) is 4.79 Å². The zero-order valence-corrected chi connectivity index (χ0v) is 35.5. The standard InChI is InChI=1S/C38H58N4O8.2Na/c43-31(41-30(36(49)50)15-35(47)48)3-4-34(46)42(7-1-5-39-32(44)22-37-16-24-9-25(17-37)11-26(10-24)18-37)8-2-6-40-33(45)23-38-19-27-12-28(20-38)14-29(13-27)21-38;;/h24-30H,1-23H2,(H,39,44)(H,40,45)(H,41,43)(H,47,48)(H,49,50);;/q;2*+1/p-2. The largest absolute Gasteiger partial charge is 1.00 e. The number of hydrogen-bond acceptors (Lipinski definition) is 8. The molecule has 8 bridgehead atoms. The molecule has 52 heavy (non-hydrogen) atoms. The summed E-state index contributed by atoms with van der Waals surface area (Å²) in [5.74, 6) is 0.595. The van der Waals surface area contributed by atoms with Gasteiger partial charge in [0.05, 0.1) is 6.42 Å². The molecule has 8 fully saturated rings. The first-order valence-electron chi connectivity index (χ1n) is 19.3. The number of aliphatic carboxylic acids is 2. The van der Waals surface area contributed by atoms with Crippen LogP contribution in [0, 0.1) is 46.3 Å². The maximum atomic E-state index is 13.3. The van der Waals surface area contributed by atoms with Gasteiger partial charge in [0, 0.05) is 39.0 Å². The third kappa shape index (κ3) is 11.7.